The van der Waals surface area contributed by atoms with E-state index in [-0.39, 0.29) is 0 Å². The monoisotopic (exact) mass is 231 g/mol. The summed E-state index contributed by atoms with van der Waals surface area (Å²) in [7, 11) is 0. The highest BCUT2D eigenvalue weighted by atomic mass is 15.2. The fourth-order valence-electron chi connectivity index (χ4n) is 2.62. The highest BCUT2D eigenvalue weighted by molar-refractivity contribution is 5.35. The molecule has 1 aromatic rings. The number of pyridine rings is 1. The number of hydrogen-bond donors (Lipinski definition) is 1. The molecule has 3 nitrogen and oxygen atoms in total. The van der Waals surface area contributed by atoms with E-state index < -0.39 is 0 Å². The van der Waals surface area contributed by atoms with Crippen LogP contribution in [0, 0.1) is 12.8 Å². The molecule has 0 spiro atoms. The van der Waals surface area contributed by atoms with E-state index in [0.717, 1.165) is 24.3 Å². The molecule has 0 aromatic carbocycles. The van der Waals surface area contributed by atoms with Crippen LogP contribution in [-0.4, -0.2) is 35.6 Å². The first-order valence-electron chi connectivity index (χ1n) is 6.72. The van der Waals surface area contributed by atoms with Gasteiger partial charge in [0.05, 0.1) is 0 Å². The normalized spacial score (nSPS) is 25.1. The summed E-state index contributed by atoms with van der Waals surface area (Å²) < 4.78 is 0. The summed E-state index contributed by atoms with van der Waals surface area (Å²) in [5.74, 6) is 1.82. The lowest BCUT2D eigenvalue weighted by molar-refractivity contribution is 0.316. The first-order chi connectivity index (χ1) is 8.31. The Morgan fingerprint density at radius 2 is 2.24 bits per heavy atom. The average Bonchev–Trinajstić information content (AvgIpc) is 3.09. The molecule has 1 aliphatic carbocycles. The first kappa shape index (κ1) is 11.0. The van der Waals surface area contributed by atoms with E-state index in [0.29, 0.717) is 0 Å². The third kappa shape index (κ3) is 2.78. The van der Waals surface area contributed by atoms with Gasteiger partial charge in [0.1, 0.15) is 5.82 Å². The van der Waals surface area contributed by atoms with Gasteiger partial charge in [-0.15, -0.1) is 0 Å². The van der Waals surface area contributed by atoms with Crippen molar-refractivity contribution in [3.05, 3.63) is 23.9 Å². The molecule has 2 heterocycles. The Morgan fingerprint density at radius 3 is 2.94 bits per heavy atom. The Morgan fingerprint density at radius 1 is 1.35 bits per heavy atom. The van der Waals surface area contributed by atoms with Gasteiger partial charge in [-0.05, 0) is 50.3 Å². The van der Waals surface area contributed by atoms with Crippen molar-refractivity contribution in [1.29, 1.82) is 0 Å². The van der Waals surface area contributed by atoms with E-state index in [1.807, 2.05) is 6.20 Å². The van der Waals surface area contributed by atoms with Crippen LogP contribution in [0.5, 0.6) is 0 Å². The van der Waals surface area contributed by atoms with Crippen LogP contribution in [0.2, 0.25) is 0 Å². The van der Waals surface area contributed by atoms with Crippen molar-refractivity contribution in [2.75, 3.05) is 25.0 Å². The van der Waals surface area contributed by atoms with E-state index in [1.54, 1.807) is 0 Å². The van der Waals surface area contributed by atoms with Crippen LogP contribution in [0.4, 0.5) is 5.82 Å². The molecular weight excluding hydrogens is 210 g/mol. The zero-order valence-electron chi connectivity index (χ0n) is 10.5. The number of likely N-dealkylation sites (tertiary alicyclic amines) is 1. The minimum absolute atomic E-state index is 0.804. The smallest absolute Gasteiger partial charge is 0.125 e. The molecule has 1 unspecified atom stereocenters. The number of aryl methyl sites for hydroxylation is 1. The summed E-state index contributed by atoms with van der Waals surface area (Å²) in [6.45, 7) is 5.72. The topological polar surface area (TPSA) is 28.2 Å². The lowest BCUT2D eigenvalue weighted by Gasteiger charge is -2.15. The molecule has 3 heteroatoms. The van der Waals surface area contributed by atoms with Gasteiger partial charge in [-0.2, -0.15) is 0 Å². The second-order valence-electron chi connectivity index (χ2n) is 5.48. The van der Waals surface area contributed by atoms with Crippen LogP contribution < -0.4 is 5.32 Å². The molecule has 3 rings (SSSR count). The molecule has 1 N–H and O–H groups in total. The molecule has 1 saturated carbocycles. The summed E-state index contributed by atoms with van der Waals surface area (Å²) >= 11 is 0. The SMILES string of the molecule is Cc1ccc(NCC2CCN(C3CC3)C2)nc1. The fraction of sp³-hybridized carbons (Fsp3) is 0.643. The van der Waals surface area contributed by atoms with Crippen LogP contribution >= 0.6 is 0 Å². The van der Waals surface area contributed by atoms with Gasteiger partial charge in [0.2, 0.25) is 0 Å². The van der Waals surface area contributed by atoms with Gasteiger partial charge in [0.25, 0.3) is 0 Å². The second-order valence-corrected chi connectivity index (χ2v) is 5.48. The molecule has 92 valence electrons. The third-order valence-electron chi connectivity index (χ3n) is 3.86. The van der Waals surface area contributed by atoms with Gasteiger partial charge in [0.15, 0.2) is 0 Å². The molecule has 1 atom stereocenters. The van der Waals surface area contributed by atoms with Crippen molar-refractivity contribution in [2.45, 2.75) is 32.2 Å². The van der Waals surface area contributed by atoms with Crippen molar-refractivity contribution in [3.63, 3.8) is 0 Å². The summed E-state index contributed by atoms with van der Waals surface area (Å²) in [4.78, 5) is 7.04. The highest BCUT2D eigenvalue weighted by Crippen LogP contribution is 2.31. The molecule has 1 aromatic heterocycles. The van der Waals surface area contributed by atoms with Gasteiger partial charge in [-0.3, -0.25) is 0 Å². The Labute approximate surface area is 103 Å². The minimum Gasteiger partial charge on any atom is -0.370 e. The zero-order valence-corrected chi connectivity index (χ0v) is 10.5. The number of hydrogen-bond acceptors (Lipinski definition) is 3. The maximum absolute atomic E-state index is 4.38. The third-order valence-corrected chi connectivity index (χ3v) is 3.86. The summed E-state index contributed by atoms with van der Waals surface area (Å²) in [6.07, 6.45) is 6.13. The number of nitrogens with zero attached hydrogens (tertiary/aromatic N) is 2. The van der Waals surface area contributed by atoms with Crippen LogP contribution in [0.15, 0.2) is 18.3 Å². The predicted molar refractivity (Wildman–Crippen MR) is 70.2 cm³/mol. The van der Waals surface area contributed by atoms with Crippen LogP contribution in [-0.2, 0) is 0 Å². The molecule has 17 heavy (non-hydrogen) atoms. The maximum atomic E-state index is 4.38. The Balaban J connectivity index is 1.46. The van der Waals surface area contributed by atoms with Crippen molar-refractivity contribution in [1.82, 2.24) is 9.88 Å². The molecular formula is C14H21N3. The van der Waals surface area contributed by atoms with Crippen LogP contribution in [0.1, 0.15) is 24.8 Å². The largest absolute Gasteiger partial charge is 0.370 e. The predicted octanol–water partition coefficient (Wildman–Crippen LogP) is 2.29. The van der Waals surface area contributed by atoms with E-state index in [4.69, 9.17) is 0 Å². The fourth-order valence-corrected chi connectivity index (χ4v) is 2.62. The van der Waals surface area contributed by atoms with Crippen molar-refractivity contribution >= 4 is 5.82 Å². The van der Waals surface area contributed by atoms with E-state index in [2.05, 4.69) is 34.3 Å². The quantitative estimate of drug-likeness (QED) is 0.861. The van der Waals surface area contributed by atoms with Gasteiger partial charge in [-0.25, -0.2) is 4.98 Å². The first-order valence-corrected chi connectivity index (χ1v) is 6.72. The summed E-state index contributed by atoms with van der Waals surface area (Å²) in [5, 5.41) is 3.46. The lowest BCUT2D eigenvalue weighted by Crippen LogP contribution is -2.24. The number of rotatable bonds is 4. The van der Waals surface area contributed by atoms with E-state index in [1.165, 1.54) is 37.9 Å². The minimum atomic E-state index is 0.804. The van der Waals surface area contributed by atoms with E-state index >= 15 is 0 Å². The van der Waals surface area contributed by atoms with E-state index in [9.17, 15) is 0 Å². The lowest BCUT2D eigenvalue weighted by atomic mass is 10.1. The zero-order chi connectivity index (χ0) is 11.7. The van der Waals surface area contributed by atoms with Crippen LogP contribution in [0.3, 0.4) is 0 Å². The molecule has 1 aliphatic heterocycles. The second kappa shape index (κ2) is 4.65. The average molecular weight is 231 g/mol. The standard InChI is InChI=1S/C14H21N3/c1-11-2-5-14(15-8-11)16-9-12-6-7-17(10-12)13-3-4-13/h2,5,8,12-13H,3-4,6-7,9-10H2,1H3,(H,15,16). The van der Waals surface area contributed by atoms with Crippen LogP contribution in [0.25, 0.3) is 0 Å². The van der Waals surface area contributed by atoms with Gasteiger partial charge >= 0.3 is 0 Å². The summed E-state index contributed by atoms with van der Waals surface area (Å²) in [6, 6.07) is 5.11. The van der Waals surface area contributed by atoms with Gasteiger partial charge in [0, 0.05) is 25.3 Å². The molecule has 1 saturated heterocycles. The number of aromatic nitrogens is 1. The van der Waals surface area contributed by atoms with Crippen molar-refractivity contribution in [2.24, 2.45) is 5.92 Å². The summed E-state index contributed by atoms with van der Waals surface area (Å²) in [5.41, 5.74) is 1.22. The molecule has 0 amide bonds. The Hall–Kier alpha value is -1.09. The number of anilines is 1. The van der Waals surface area contributed by atoms with Crippen molar-refractivity contribution in [3.8, 4) is 0 Å². The van der Waals surface area contributed by atoms with Gasteiger partial charge in [-0.1, -0.05) is 6.07 Å². The molecule has 0 bridgehead atoms. The Kier molecular flexibility index (Phi) is 3.02. The highest BCUT2D eigenvalue weighted by Gasteiger charge is 2.34. The van der Waals surface area contributed by atoms with Gasteiger partial charge < -0.3 is 10.2 Å². The molecule has 2 fully saturated rings. The molecule has 0 radical (unpaired) electrons. The Bertz CT molecular complexity index is 370. The van der Waals surface area contributed by atoms with Crippen molar-refractivity contribution < 1.29 is 0 Å². The molecule has 2 aliphatic rings. The number of nitrogens with one attached hydrogen (secondary N) is 1. The maximum Gasteiger partial charge on any atom is 0.125 e.